The predicted octanol–water partition coefficient (Wildman–Crippen LogP) is 4.69. The quantitative estimate of drug-likeness (QED) is 0.605. The van der Waals surface area contributed by atoms with Crippen molar-refractivity contribution in [3.8, 4) is 11.5 Å². The molecule has 7 nitrogen and oxygen atoms in total. The van der Waals surface area contributed by atoms with Gasteiger partial charge in [-0.25, -0.2) is 0 Å². The Bertz CT molecular complexity index is 1040. The molecule has 0 fully saturated rings. The van der Waals surface area contributed by atoms with Crippen LogP contribution in [-0.2, 0) is 4.79 Å². The lowest BCUT2D eigenvalue weighted by Gasteiger charge is -2.12. The molecule has 0 bridgehead atoms. The predicted molar refractivity (Wildman–Crippen MR) is 112 cm³/mol. The maximum atomic E-state index is 13.0. The van der Waals surface area contributed by atoms with Gasteiger partial charge in [0.1, 0.15) is 22.8 Å². The summed E-state index contributed by atoms with van der Waals surface area (Å²) in [7, 11) is 3.05. The van der Waals surface area contributed by atoms with Crippen LogP contribution in [0, 0.1) is 5.92 Å². The molecule has 0 saturated heterocycles. The van der Waals surface area contributed by atoms with Gasteiger partial charge in [0.2, 0.25) is 11.7 Å². The molecule has 1 heterocycles. The fraction of sp³-hybridized carbons (Fsp3) is 0.273. The highest BCUT2D eigenvalue weighted by atomic mass is 16.5. The summed E-state index contributed by atoms with van der Waals surface area (Å²) in [5, 5.41) is 6.27. The van der Waals surface area contributed by atoms with E-state index in [2.05, 4.69) is 10.6 Å². The largest absolute Gasteiger partial charge is 0.497 e. The topological polar surface area (TPSA) is 89.8 Å². The van der Waals surface area contributed by atoms with Gasteiger partial charge in [-0.1, -0.05) is 26.0 Å². The Labute approximate surface area is 169 Å². The molecular formula is C22H24N2O5. The van der Waals surface area contributed by atoms with Crippen molar-refractivity contribution in [1.82, 2.24) is 0 Å². The molecule has 0 radical (unpaired) electrons. The molecule has 3 rings (SSSR count). The number of para-hydroxylation sites is 1. The molecule has 0 aliphatic heterocycles. The zero-order valence-corrected chi connectivity index (χ0v) is 16.9. The van der Waals surface area contributed by atoms with Gasteiger partial charge >= 0.3 is 0 Å². The summed E-state index contributed by atoms with van der Waals surface area (Å²) in [6, 6.07) is 12.2. The molecule has 29 heavy (non-hydrogen) atoms. The zero-order chi connectivity index (χ0) is 21.0. The summed E-state index contributed by atoms with van der Waals surface area (Å²) in [5.41, 5.74) is 1.29. The minimum Gasteiger partial charge on any atom is -0.497 e. The molecule has 0 aliphatic rings. The van der Waals surface area contributed by atoms with E-state index < -0.39 is 5.91 Å². The van der Waals surface area contributed by atoms with Crippen LogP contribution in [0.15, 0.2) is 46.9 Å². The van der Waals surface area contributed by atoms with Gasteiger partial charge in [-0.05, 0) is 30.2 Å². The van der Waals surface area contributed by atoms with Crippen molar-refractivity contribution < 1.29 is 23.5 Å². The van der Waals surface area contributed by atoms with Crippen LogP contribution in [0.2, 0.25) is 0 Å². The number of furan rings is 1. The van der Waals surface area contributed by atoms with E-state index in [0.717, 1.165) is 0 Å². The third kappa shape index (κ3) is 4.51. The van der Waals surface area contributed by atoms with Crippen LogP contribution in [-0.4, -0.2) is 26.0 Å². The Kier molecular flexibility index (Phi) is 6.07. The number of rotatable bonds is 7. The van der Waals surface area contributed by atoms with Crippen molar-refractivity contribution in [3.63, 3.8) is 0 Å². The smallest absolute Gasteiger partial charge is 0.293 e. The molecule has 0 spiro atoms. The highest BCUT2D eigenvalue weighted by molar-refractivity contribution is 6.14. The summed E-state index contributed by atoms with van der Waals surface area (Å²) in [4.78, 5) is 25.4. The van der Waals surface area contributed by atoms with Gasteiger partial charge in [0.25, 0.3) is 5.91 Å². The van der Waals surface area contributed by atoms with E-state index >= 15 is 0 Å². The van der Waals surface area contributed by atoms with Gasteiger partial charge in [-0.15, -0.1) is 0 Å². The first kappa shape index (κ1) is 20.3. The molecule has 2 N–H and O–H groups in total. The monoisotopic (exact) mass is 396 g/mol. The Morgan fingerprint density at radius 1 is 1.03 bits per heavy atom. The van der Waals surface area contributed by atoms with Crippen LogP contribution in [0.5, 0.6) is 11.5 Å². The lowest BCUT2D eigenvalue weighted by atomic mass is 10.1. The number of anilines is 2. The lowest BCUT2D eigenvalue weighted by Crippen LogP contribution is -2.18. The fourth-order valence-corrected chi connectivity index (χ4v) is 2.98. The highest BCUT2D eigenvalue weighted by Gasteiger charge is 2.23. The first-order valence-corrected chi connectivity index (χ1v) is 9.27. The van der Waals surface area contributed by atoms with Crippen molar-refractivity contribution in [2.75, 3.05) is 24.9 Å². The Balaban J connectivity index is 1.97. The number of ether oxygens (including phenoxy) is 2. The summed E-state index contributed by atoms with van der Waals surface area (Å²) in [5.74, 6) is 0.559. The van der Waals surface area contributed by atoms with Crippen LogP contribution in [0.4, 0.5) is 11.4 Å². The molecule has 0 saturated carbocycles. The summed E-state index contributed by atoms with van der Waals surface area (Å²) in [6.07, 6.45) is 0.338. The maximum Gasteiger partial charge on any atom is 0.293 e. The number of hydrogen-bond acceptors (Lipinski definition) is 5. The van der Waals surface area contributed by atoms with Crippen LogP contribution in [0.25, 0.3) is 11.0 Å². The Hall–Kier alpha value is -3.48. The highest BCUT2D eigenvalue weighted by Crippen LogP contribution is 2.34. The van der Waals surface area contributed by atoms with Crippen molar-refractivity contribution in [3.05, 3.63) is 48.2 Å². The Morgan fingerprint density at radius 2 is 1.79 bits per heavy atom. The number of fused-ring (bicyclic) bond motifs is 1. The van der Waals surface area contributed by atoms with Gasteiger partial charge in [0, 0.05) is 17.9 Å². The number of methoxy groups -OCH3 is 2. The van der Waals surface area contributed by atoms with E-state index in [-0.39, 0.29) is 17.6 Å². The van der Waals surface area contributed by atoms with E-state index in [1.807, 2.05) is 19.9 Å². The second kappa shape index (κ2) is 8.68. The fourth-order valence-electron chi connectivity index (χ4n) is 2.98. The van der Waals surface area contributed by atoms with Gasteiger partial charge in [0.15, 0.2) is 0 Å². The molecule has 3 aromatic rings. The van der Waals surface area contributed by atoms with Gasteiger partial charge in [-0.3, -0.25) is 9.59 Å². The average molecular weight is 396 g/mol. The minimum absolute atomic E-state index is 0.0215. The second-order valence-corrected chi connectivity index (χ2v) is 6.97. The molecule has 2 aromatic carbocycles. The number of carbonyl (C=O) groups is 2. The molecule has 0 unspecified atom stereocenters. The standard InChI is InChI=1S/C22H24N2O5/c1-13(2)11-19(25)24-20-15-7-5-6-8-17(15)29-21(20)22(26)23-16-12-14(27-3)9-10-18(16)28-4/h5-10,12-13H,11H2,1-4H3,(H,23,26)(H,24,25). The van der Waals surface area contributed by atoms with Gasteiger partial charge in [0.05, 0.1) is 19.9 Å². The maximum absolute atomic E-state index is 13.0. The molecule has 152 valence electrons. The summed E-state index contributed by atoms with van der Waals surface area (Å²) < 4.78 is 16.3. The van der Waals surface area contributed by atoms with Gasteiger partial charge < -0.3 is 24.5 Å². The minimum atomic E-state index is -0.507. The van der Waals surface area contributed by atoms with Crippen molar-refractivity contribution in [2.45, 2.75) is 20.3 Å². The van der Waals surface area contributed by atoms with Crippen molar-refractivity contribution in [1.29, 1.82) is 0 Å². The van der Waals surface area contributed by atoms with Crippen LogP contribution in [0.1, 0.15) is 30.8 Å². The van der Waals surface area contributed by atoms with E-state index in [9.17, 15) is 9.59 Å². The Morgan fingerprint density at radius 3 is 2.48 bits per heavy atom. The van der Waals surface area contributed by atoms with E-state index in [0.29, 0.717) is 40.3 Å². The van der Waals surface area contributed by atoms with Crippen molar-refractivity contribution in [2.24, 2.45) is 5.92 Å². The van der Waals surface area contributed by atoms with Crippen LogP contribution >= 0.6 is 0 Å². The number of nitrogens with one attached hydrogen (secondary N) is 2. The lowest BCUT2D eigenvalue weighted by molar-refractivity contribution is -0.116. The van der Waals surface area contributed by atoms with E-state index in [1.54, 1.807) is 36.4 Å². The SMILES string of the molecule is COc1ccc(OC)c(NC(=O)c2oc3ccccc3c2NC(=O)CC(C)C)c1. The zero-order valence-electron chi connectivity index (χ0n) is 16.9. The first-order chi connectivity index (χ1) is 13.9. The number of carbonyl (C=O) groups excluding carboxylic acids is 2. The number of amides is 2. The second-order valence-electron chi connectivity index (χ2n) is 6.97. The first-order valence-electron chi connectivity index (χ1n) is 9.27. The van der Waals surface area contributed by atoms with E-state index in [4.69, 9.17) is 13.9 Å². The molecule has 7 heteroatoms. The van der Waals surface area contributed by atoms with Crippen LogP contribution < -0.4 is 20.1 Å². The van der Waals surface area contributed by atoms with Crippen molar-refractivity contribution >= 4 is 34.2 Å². The normalized spacial score (nSPS) is 10.8. The van der Waals surface area contributed by atoms with Gasteiger partial charge in [-0.2, -0.15) is 0 Å². The average Bonchev–Trinajstić information content (AvgIpc) is 3.06. The summed E-state index contributed by atoms with van der Waals surface area (Å²) in [6.45, 7) is 3.91. The number of benzene rings is 2. The molecule has 0 atom stereocenters. The number of hydrogen-bond donors (Lipinski definition) is 2. The molecule has 1 aromatic heterocycles. The third-order valence-electron chi connectivity index (χ3n) is 4.31. The molecule has 0 aliphatic carbocycles. The molecule has 2 amide bonds. The summed E-state index contributed by atoms with van der Waals surface area (Å²) >= 11 is 0. The van der Waals surface area contributed by atoms with E-state index in [1.165, 1.54) is 14.2 Å². The third-order valence-corrected chi connectivity index (χ3v) is 4.31. The van der Waals surface area contributed by atoms with Crippen LogP contribution in [0.3, 0.4) is 0 Å². The molecular weight excluding hydrogens is 372 g/mol.